The lowest BCUT2D eigenvalue weighted by atomic mass is 9.94. The number of hydrogen-bond acceptors (Lipinski definition) is 0. The van der Waals surface area contributed by atoms with Crippen LogP contribution in [0.15, 0.2) is 0 Å². The van der Waals surface area contributed by atoms with Gasteiger partial charge in [0.25, 0.3) is 0 Å². The molecule has 0 amide bonds. The summed E-state index contributed by atoms with van der Waals surface area (Å²) in [6, 6.07) is 0. The van der Waals surface area contributed by atoms with Crippen molar-refractivity contribution in [1.29, 1.82) is 0 Å². The molecule has 0 saturated carbocycles. The van der Waals surface area contributed by atoms with Gasteiger partial charge in [0.05, 0.1) is 0 Å². The minimum Gasteiger partial charge on any atom is -0.323 e. The maximum Gasteiger partial charge on any atom is -0.0676 e. The SMILES string of the molecule is CCC(C)[CH-]C(C)CC. The fourth-order valence-electron chi connectivity index (χ4n) is 0.833. The summed E-state index contributed by atoms with van der Waals surface area (Å²) < 4.78 is 0. The first-order valence-electron chi connectivity index (χ1n) is 4.05. The Labute approximate surface area is 59.7 Å². The van der Waals surface area contributed by atoms with Crippen LogP contribution >= 0.6 is 0 Å². The van der Waals surface area contributed by atoms with Crippen molar-refractivity contribution in [2.45, 2.75) is 40.5 Å². The molecule has 0 bridgehead atoms. The molecule has 0 aromatic rings. The molecular weight excluding hydrogens is 108 g/mol. The van der Waals surface area contributed by atoms with Crippen molar-refractivity contribution in [2.75, 3.05) is 0 Å². The van der Waals surface area contributed by atoms with E-state index in [1.165, 1.54) is 12.8 Å². The van der Waals surface area contributed by atoms with Gasteiger partial charge in [-0.25, -0.2) is 0 Å². The minimum absolute atomic E-state index is 0.806. The third-order valence-electron chi connectivity index (χ3n) is 1.94. The van der Waals surface area contributed by atoms with E-state index in [2.05, 4.69) is 34.1 Å². The highest BCUT2D eigenvalue weighted by atomic mass is 14.1. The molecule has 0 radical (unpaired) electrons. The maximum atomic E-state index is 2.44. The smallest absolute Gasteiger partial charge is 0.0676 e. The Balaban J connectivity index is 3.22. The highest BCUT2D eigenvalue weighted by molar-refractivity contribution is 4.76. The molecule has 0 saturated heterocycles. The summed E-state index contributed by atoms with van der Waals surface area (Å²) in [6.45, 7) is 9.05. The van der Waals surface area contributed by atoms with Gasteiger partial charge in [-0.3, -0.25) is 0 Å². The number of rotatable bonds is 4. The Morgan fingerprint density at radius 3 is 1.56 bits per heavy atom. The lowest BCUT2D eigenvalue weighted by Crippen LogP contribution is -2.01. The zero-order valence-electron chi connectivity index (χ0n) is 7.15. The van der Waals surface area contributed by atoms with Crippen molar-refractivity contribution in [1.82, 2.24) is 0 Å². The topological polar surface area (TPSA) is 0 Å². The van der Waals surface area contributed by atoms with E-state index < -0.39 is 0 Å². The van der Waals surface area contributed by atoms with Crippen molar-refractivity contribution in [2.24, 2.45) is 11.8 Å². The maximum absolute atomic E-state index is 2.44. The molecule has 2 unspecified atom stereocenters. The normalized spacial score (nSPS) is 17.3. The number of hydrogen-bond donors (Lipinski definition) is 0. The van der Waals surface area contributed by atoms with E-state index in [1.54, 1.807) is 0 Å². The van der Waals surface area contributed by atoms with Crippen LogP contribution < -0.4 is 0 Å². The van der Waals surface area contributed by atoms with Gasteiger partial charge in [-0.1, -0.05) is 40.5 Å². The van der Waals surface area contributed by atoms with Gasteiger partial charge >= 0.3 is 0 Å². The standard InChI is InChI=1S/C9H19/c1-5-8(3)7-9(4)6-2/h7-9H,5-6H2,1-4H3/q-1. The molecule has 0 aromatic heterocycles. The lowest BCUT2D eigenvalue weighted by Gasteiger charge is -2.25. The Morgan fingerprint density at radius 1 is 1.00 bits per heavy atom. The summed E-state index contributed by atoms with van der Waals surface area (Å²) in [7, 11) is 0. The third kappa shape index (κ3) is 4.50. The molecule has 2 atom stereocenters. The van der Waals surface area contributed by atoms with Crippen molar-refractivity contribution < 1.29 is 0 Å². The molecule has 0 spiro atoms. The van der Waals surface area contributed by atoms with Crippen molar-refractivity contribution in [3.63, 3.8) is 0 Å². The first-order valence-corrected chi connectivity index (χ1v) is 4.05. The average Bonchev–Trinajstić information content (AvgIpc) is 1.87. The summed E-state index contributed by atoms with van der Waals surface area (Å²) in [5, 5.41) is 0. The highest BCUT2D eigenvalue weighted by Gasteiger charge is 1.91. The molecule has 0 aliphatic heterocycles. The van der Waals surface area contributed by atoms with Crippen LogP contribution in [0.25, 0.3) is 0 Å². The summed E-state index contributed by atoms with van der Waals surface area (Å²) >= 11 is 0. The van der Waals surface area contributed by atoms with Crippen molar-refractivity contribution >= 4 is 0 Å². The van der Waals surface area contributed by atoms with Gasteiger partial charge in [0.15, 0.2) is 0 Å². The van der Waals surface area contributed by atoms with E-state index >= 15 is 0 Å². The van der Waals surface area contributed by atoms with Gasteiger partial charge in [-0.15, -0.1) is 0 Å². The molecule has 0 aromatic carbocycles. The van der Waals surface area contributed by atoms with Crippen LogP contribution in [0.2, 0.25) is 0 Å². The van der Waals surface area contributed by atoms with Crippen molar-refractivity contribution in [3.05, 3.63) is 6.42 Å². The Kier molecular flexibility index (Phi) is 4.84. The second kappa shape index (κ2) is 4.84. The second-order valence-corrected chi connectivity index (χ2v) is 2.96. The quantitative estimate of drug-likeness (QED) is 0.508. The van der Waals surface area contributed by atoms with Crippen LogP contribution in [0, 0.1) is 18.3 Å². The molecule has 0 N–H and O–H groups in total. The molecule has 0 rings (SSSR count). The molecule has 0 heterocycles. The van der Waals surface area contributed by atoms with Gasteiger partial charge in [-0.2, -0.15) is 11.8 Å². The van der Waals surface area contributed by atoms with Crippen LogP contribution in [-0.2, 0) is 0 Å². The fraction of sp³-hybridized carbons (Fsp3) is 0.889. The van der Waals surface area contributed by atoms with E-state index in [4.69, 9.17) is 0 Å². The molecule has 9 heavy (non-hydrogen) atoms. The highest BCUT2D eigenvalue weighted by Crippen LogP contribution is 2.15. The first kappa shape index (κ1) is 9.00. The predicted octanol–water partition coefficient (Wildman–Crippen LogP) is 3.28. The molecule has 0 aliphatic rings. The summed E-state index contributed by atoms with van der Waals surface area (Å²) in [5.74, 6) is 1.61. The van der Waals surface area contributed by atoms with E-state index in [0.717, 1.165) is 11.8 Å². The zero-order chi connectivity index (χ0) is 7.28. The molecular formula is C9H19-. The van der Waals surface area contributed by atoms with Crippen LogP contribution in [-0.4, -0.2) is 0 Å². The predicted molar refractivity (Wildman–Crippen MR) is 43.2 cm³/mol. The van der Waals surface area contributed by atoms with Gasteiger partial charge in [0.1, 0.15) is 0 Å². The molecule has 56 valence electrons. The first-order chi connectivity index (χ1) is 4.20. The fourth-order valence-corrected chi connectivity index (χ4v) is 0.833. The van der Waals surface area contributed by atoms with Gasteiger partial charge < -0.3 is 6.42 Å². The van der Waals surface area contributed by atoms with E-state index in [9.17, 15) is 0 Å². The zero-order valence-corrected chi connectivity index (χ0v) is 7.15. The lowest BCUT2D eigenvalue weighted by molar-refractivity contribution is 0.520. The molecule has 0 nitrogen and oxygen atoms in total. The van der Waals surface area contributed by atoms with Crippen molar-refractivity contribution in [3.8, 4) is 0 Å². The Morgan fingerprint density at radius 2 is 1.33 bits per heavy atom. The average molecular weight is 127 g/mol. The largest absolute Gasteiger partial charge is 0.323 e. The second-order valence-electron chi connectivity index (χ2n) is 2.96. The summed E-state index contributed by atoms with van der Waals surface area (Å²) in [4.78, 5) is 0. The van der Waals surface area contributed by atoms with E-state index in [-0.39, 0.29) is 0 Å². The van der Waals surface area contributed by atoms with Crippen LogP contribution in [0.3, 0.4) is 0 Å². The monoisotopic (exact) mass is 127 g/mol. The van der Waals surface area contributed by atoms with Gasteiger partial charge in [0, 0.05) is 0 Å². The van der Waals surface area contributed by atoms with Crippen LogP contribution in [0.5, 0.6) is 0 Å². The van der Waals surface area contributed by atoms with Crippen LogP contribution in [0.1, 0.15) is 40.5 Å². The van der Waals surface area contributed by atoms with E-state index in [1.807, 2.05) is 0 Å². The summed E-state index contributed by atoms with van der Waals surface area (Å²) in [5.41, 5.74) is 0. The minimum atomic E-state index is 0.806. The van der Waals surface area contributed by atoms with Gasteiger partial charge in [-0.05, 0) is 0 Å². The third-order valence-corrected chi connectivity index (χ3v) is 1.94. The Bertz CT molecular complexity index is 49.1. The van der Waals surface area contributed by atoms with Crippen LogP contribution in [0.4, 0.5) is 0 Å². The molecule has 0 aliphatic carbocycles. The molecule has 0 heteroatoms. The van der Waals surface area contributed by atoms with E-state index in [0.29, 0.717) is 0 Å². The van der Waals surface area contributed by atoms with Gasteiger partial charge in [0.2, 0.25) is 0 Å². The Hall–Kier alpha value is 0. The summed E-state index contributed by atoms with van der Waals surface area (Å²) in [6.07, 6.45) is 5.01. The molecule has 0 fully saturated rings.